The summed E-state index contributed by atoms with van der Waals surface area (Å²) in [6.45, 7) is 6.50. The van der Waals surface area contributed by atoms with Crippen molar-refractivity contribution in [2.45, 2.75) is 69.6 Å². The summed E-state index contributed by atoms with van der Waals surface area (Å²) in [6, 6.07) is 6.91. The fourth-order valence-electron chi connectivity index (χ4n) is 2.93. The Bertz CT molecular complexity index is 636. The number of hydrogen-bond donors (Lipinski definition) is 1. The van der Waals surface area contributed by atoms with E-state index in [4.69, 9.17) is 0 Å². The first-order chi connectivity index (χ1) is 10.7. The molecule has 4 nitrogen and oxygen atoms in total. The van der Waals surface area contributed by atoms with E-state index in [1.54, 1.807) is 24.3 Å². The van der Waals surface area contributed by atoms with E-state index < -0.39 is 9.84 Å². The second kappa shape index (κ2) is 7.04. The minimum absolute atomic E-state index is 0.0140. The fourth-order valence-corrected chi connectivity index (χ4v) is 4.79. The van der Waals surface area contributed by atoms with Crippen molar-refractivity contribution in [3.8, 4) is 0 Å². The van der Waals surface area contributed by atoms with E-state index in [-0.39, 0.29) is 16.6 Å². The Kier molecular flexibility index (Phi) is 5.50. The molecule has 128 valence electrons. The summed E-state index contributed by atoms with van der Waals surface area (Å²) in [5.41, 5.74) is 0.876. The van der Waals surface area contributed by atoms with Crippen LogP contribution in [0.1, 0.15) is 58.4 Å². The summed E-state index contributed by atoms with van der Waals surface area (Å²) in [6.07, 6.45) is 4.02. The summed E-state index contributed by atoms with van der Waals surface area (Å²) in [4.78, 5) is 12.2. The number of carbonyl (C=O) groups is 1. The highest BCUT2D eigenvalue weighted by Gasteiger charge is 2.30. The van der Waals surface area contributed by atoms with E-state index in [2.05, 4.69) is 5.32 Å². The van der Waals surface area contributed by atoms with Crippen molar-refractivity contribution < 1.29 is 13.2 Å². The van der Waals surface area contributed by atoms with Crippen molar-refractivity contribution in [3.05, 3.63) is 29.8 Å². The SMILES string of the molecule is CC(C)(C)CC(=O)NCc1ccc(S(=O)(=O)C2CCCC2)cc1. The number of rotatable bonds is 5. The molecule has 1 saturated carbocycles. The molecule has 1 aliphatic carbocycles. The van der Waals surface area contributed by atoms with Crippen LogP contribution in [0.25, 0.3) is 0 Å². The quantitative estimate of drug-likeness (QED) is 0.895. The molecule has 1 aromatic rings. The predicted molar refractivity (Wildman–Crippen MR) is 91.8 cm³/mol. The van der Waals surface area contributed by atoms with Crippen molar-refractivity contribution in [2.24, 2.45) is 5.41 Å². The lowest BCUT2D eigenvalue weighted by Crippen LogP contribution is -2.27. The van der Waals surface area contributed by atoms with E-state index >= 15 is 0 Å². The van der Waals surface area contributed by atoms with Crippen LogP contribution in [0.3, 0.4) is 0 Å². The third-order valence-electron chi connectivity index (χ3n) is 4.17. The molecule has 0 bridgehead atoms. The third-order valence-corrected chi connectivity index (χ3v) is 6.45. The Morgan fingerprint density at radius 3 is 2.22 bits per heavy atom. The molecule has 0 aliphatic heterocycles. The van der Waals surface area contributed by atoms with Gasteiger partial charge in [0.05, 0.1) is 10.1 Å². The number of carbonyl (C=O) groups excluding carboxylic acids is 1. The smallest absolute Gasteiger partial charge is 0.220 e. The van der Waals surface area contributed by atoms with Gasteiger partial charge in [-0.1, -0.05) is 45.7 Å². The largest absolute Gasteiger partial charge is 0.352 e. The van der Waals surface area contributed by atoms with Gasteiger partial charge in [-0.25, -0.2) is 8.42 Å². The average molecular weight is 337 g/mol. The van der Waals surface area contributed by atoms with Crippen LogP contribution in [-0.4, -0.2) is 19.6 Å². The standard InChI is InChI=1S/C18H27NO3S/c1-18(2,3)12-17(20)19-13-14-8-10-16(11-9-14)23(21,22)15-6-4-5-7-15/h8-11,15H,4-7,12-13H2,1-3H3,(H,19,20). The summed E-state index contributed by atoms with van der Waals surface area (Å²) < 4.78 is 25.0. The molecule has 23 heavy (non-hydrogen) atoms. The van der Waals surface area contributed by atoms with Crippen LogP contribution >= 0.6 is 0 Å². The van der Waals surface area contributed by atoms with Crippen LogP contribution in [0.4, 0.5) is 0 Å². The Hall–Kier alpha value is -1.36. The minimum Gasteiger partial charge on any atom is -0.352 e. The van der Waals surface area contributed by atoms with Gasteiger partial charge in [-0.2, -0.15) is 0 Å². The van der Waals surface area contributed by atoms with E-state index in [0.717, 1.165) is 31.2 Å². The van der Waals surface area contributed by atoms with Crippen molar-refractivity contribution >= 4 is 15.7 Å². The molecule has 1 amide bonds. The maximum Gasteiger partial charge on any atom is 0.220 e. The normalized spacial score (nSPS) is 16.5. The van der Waals surface area contributed by atoms with Gasteiger partial charge in [0.2, 0.25) is 5.91 Å². The van der Waals surface area contributed by atoms with Crippen LogP contribution in [0.15, 0.2) is 29.2 Å². The first kappa shape index (κ1) is 18.0. The molecule has 2 rings (SSSR count). The molecule has 0 radical (unpaired) electrons. The van der Waals surface area contributed by atoms with Crippen LogP contribution < -0.4 is 5.32 Å². The Labute approximate surface area is 139 Å². The fraction of sp³-hybridized carbons (Fsp3) is 0.611. The molecule has 1 fully saturated rings. The summed E-state index contributed by atoms with van der Waals surface area (Å²) >= 11 is 0. The Balaban J connectivity index is 1.96. The van der Waals surface area contributed by atoms with Gasteiger partial charge in [0.15, 0.2) is 9.84 Å². The number of amides is 1. The highest BCUT2D eigenvalue weighted by molar-refractivity contribution is 7.92. The zero-order valence-electron chi connectivity index (χ0n) is 14.3. The van der Waals surface area contributed by atoms with Crippen molar-refractivity contribution in [2.75, 3.05) is 0 Å². The predicted octanol–water partition coefficient (Wildman–Crippen LogP) is 3.46. The van der Waals surface area contributed by atoms with Gasteiger partial charge in [0.1, 0.15) is 0 Å². The van der Waals surface area contributed by atoms with Gasteiger partial charge < -0.3 is 5.32 Å². The molecule has 0 unspecified atom stereocenters. The van der Waals surface area contributed by atoms with Crippen LogP contribution in [-0.2, 0) is 21.2 Å². The number of benzene rings is 1. The van der Waals surface area contributed by atoms with Gasteiger partial charge in [0.25, 0.3) is 0 Å². The zero-order valence-corrected chi connectivity index (χ0v) is 15.1. The van der Waals surface area contributed by atoms with Gasteiger partial charge >= 0.3 is 0 Å². The van der Waals surface area contributed by atoms with E-state index in [0.29, 0.717) is 17.9 Å². The monoisotopic (exact) mass is 337 g/mol. The maximum atomic E-state index is 12.5. The first-order valence-corrected chi connectivity index (χ1v) is 9.83. The Morgan fingerprint density at radius 1 is 1.13 bits per heavy atom. The molecule has 5 heteroatoms. The molecule has 1 aromatic carbocycles. The number of nitrogens with one attached hydrogen (secondary N) is 1. The van der Waals surface area contributed by atoms with Gasteiger partial charge in [-0.15, -0.1) is 0 Å². The molecule has 0 aromatic heterocycles. The third kappa shape index (κ3) is 5.06. The lowest BCUT2D eigenvalue weighted by molar-refractivity contribution is -0.122. The lowest BCUT2D eigenvalue weighted by Gasteiger charge is -2.17. The van der Waals surface area contributed by atoms with Crippen LogP contribution in [0.2, 0.25) is 0 Å². The second-order valence-corrected chi connectivity index (χ2v) is 9.84. The lowest BCUT2D eigenvalue weighted by atomic mass is 9.92. The Morgan fingerprint density at radius 2 is 1.70 bits per heavy atom. The number of sulfone groups is 1. The molecule has 0 saturated heterocycles. The highest BCUT2D eigenvalue weighted by atomic mass is 32.2. The molecular weight excluding hydrogens is 310 g/mol. The van der Waals surface area contributed by atoms with Crippen molar-refractivity contribution in [1.82, 2.24) is 5.32 Å². The van der Waals surface area contributed by atoms with Crippen LogP contribution in [0.5, 0.6) is 0 Å². The first-order valence-electron chi connectivity index (χ1n) is 8.28. The van der Waals surface area contributed by atoms with E-state index in [1.807, 2.05) is 20.8 Å². The molecular formula is C18H27NO3S. The molecule has 1 aliphatic rings. The van der Waals surface area contributed by atoms with Crippen molar-refractivity contribution in [1.29, 1.82) is 0 Å². The minimum atomic E-state index is -3.20. The average Bonchev–Trinajstić information content (AvgIpc) is 2.98. The summed E-state index contributed by atoms with van der Waals surface area (Å²) in [7, 11) is -3.20. The summed E-state index contributed by atoms with van der Waals surface area (Å²) in [5, 5.41) is 2.66. The number of hydrogen-bond acceptors (Lipinski definition) is 3. The van der Waals surface area contributed by atoms with E-state index in [1.165, 1.54) is 0 Å². The molecule has 0 spiro atoms. The second-order valence-electron chi connectivity index (χ2n) is 7.61. The molecule has 0 atom stereocenters. The van der Waals surface area contributed by atoms with Crippen LogP contribution in [0, 0.1) is 5.41 Å². The summed E-state index contributed by atoms with van der Waals surface area (Å²) in [5.74, 6) is 0.0140. The van der Waals surface area contributed by atoms with Gasteiger partial charge in [0, 0.05) is 13.0 Å². The van der Waals surface area contributed by atoms with Gasteiger partial charge in [-0.05, 0) is 36.0 Å². The topological polar surface area (TPSA) is 63.2 Å². The van der Waals surface area contributed by atoms with Gasteiger partial charge in [-0.3, -0.25) is 4.79 Å². The zero-order chi connectivity index (χ0) is 17.1. The molecule has 1 N–H and O–H groups in total. The highest BCUT2D eigenvalue weighted by Crippen LogP contribution is 2.29. The van der Waals surface area contributed by atoms with Crippen molar-refractivity contribution in [3.63, 3.8) is 0 Å². The maximum absolute atomic E-state index is 12.5. The molecule has 0 heterocycles. The van der Waals surface area contributed by atoms with E-state index in [9.17, 15) is 13.2 Å².